The van der Waals surface area contributed by atoms with Crippen LogP contribution in [0.3, 0.4) is 0 Å². The minimum Gasteiger partial charge on any atom is -0.394 e. The van der Waals surface area contributed by atoms with Crippen LogP contribution in [-0.4, -0.2) is 110 Å². The number of carbonyl (C=O) groups is 1. The first-order valence-corrected chi connectivity index (χ1v) is 25.9. The molecule has 11 nitrogen and oxygen atoms in total. The van der Waals surface area contributed by atoms with Gasteiger partial charge < -0.3 is 50.5 Å². The Bertz CT molecular complexity index is 1120. The first-order chi connectivity index (χ1) is 30.7. The zero-order chi connectivity index (χ0) is 46.2. The molecule has 1 heterocycles. The van der Waals surface area contributed by atoms with Gasteiger partial charge in [0.1, 0.15) is 36.6 Å². The summed E-state index contributed by atoms with van der Waals surface area (Å²) in [6.45, 7) is 3.35. The van der Waals surface area contributed by atoms with Crippen LogP contribution in [0.4, 0.5) is 0 Å². The van der Waals surface area contributed by atoms with Gasteiger partial charge in [-0.2, -0.15) is 0 Å². The predicted molar refractivity (Wildman–Crippen MR) is 256 cm³/mol. The summed E-state index contributed by atoms with van der Waals surface area (Å²) in [6, 6.07) is -1.20. The van der Waals surface area contributed by atoms with Crippen molar-refractivity contribution in [2.45, 2.75) is 274 Å². The van der Waals surface area contributed by atoms with Crippen molar-refractivity contribution in [1.29, 1.82) is 0 Å². The highest BCUT2D eigenvalue weighted by Gasteiger charge is 2.44. The van der Waals surface area contributed by atoms with Crippen LogP contribution >= 0.6 is 0 Å². The van der Waals surface area contributed by atoms with Crippen molar-refractivity contribution in [3.63, 3.8) is 0 Å². The van der Waals surface area contributed by atoms with E-state index in [-0.39, 0.29) is 12.8 Å². The number of unbranched alkanes of at least 4 members (excludes halogenated alkanes) is 25. The molecule has 0 spiro atoms. The zero-order valence-electron chi connectivity index (χ0n) is 40.1. The first kappa shape index (κ1) is 59.3. The third kappa shape index (κ3) is 31.0. The summed E-state index contributed by atoms with van der Waals surface area (Å²) >= 11 is 0. The van der Waals surface area contributed by atoms with E-state index in [1.807, 2.05) is 12.2 Å². The Morgan fingerprint density at radius 2 is 0.952 bits per heavy atom. The number of hydrogen-bond donors (Lipinski definition) is 8. The Hall–Kier alpha value is -1.67. The van der Waals surface area contributed by atoms with E-state index < -0.39 is 74.2 Å². The number of nitrogens with one attached hydrogen (secondary N) is 1. The van der Waals surface area contributed by atoms with Crippen LogP contribution in [0.5, 0.6) is 0 Å². The molecule has 0 radical (unpaired) electrons. The third-order valence-electron chi connectivity index (χ3n) is 12.4. The Morgan fingerprint density at radius 3 is 1.43 bits per heavy atom. The summed E-state index contributed by atoms with van der Waals surface area (Å²) in [4.78, 5) is 13.0. The Balaban J connectivity index is 2.29. The van der Waals surface area contributed by atoms with Crippen LogP contribution < -0.4 is 5.32 Å². The molecule has 0 saturated carbocycles. The van der Waals surface area contributed by atoms with Crippen molar-refractivity contribution in [3.8, 4) is 0 Å². The molecule has 370 valence electrons. The number of rotatable bonds is 43. The fraction of sp³-hybridized carbons (Fsp3) is 0.865. The predicted octanol–water partition coefficient (Wildman–Crippen LogP) is 9.56. The molecule has 63 heavy (non-hydrogen) atoms. The molecule has 0 aromatic rings. The van der Waals surface area contributed by atoms with Crippen molar-refractivity contribution >= 4 is 5.91 Å². The normalized spacial score (nSPS) is 21.4. The van der Waals surface area contributed by atoms with Gasteiger partial charge in [-0.15, -0.1) is 0 Å². The number of aliphatic hydroxyl groups excluding tert-OH is 7. The van der Waals surface area contributed by atoms with Crippen molar-refractivity contribution in [2.24, 2.45) is 0 Å². The molecule has 1 saturated heterocycles. The smallest absolute Gasteiger partial charge is 0.249 e. The lowest BCUT2D eigenvalue weighted by atomic mass is 9.99. The largest absolute Gasteiger partial charge is 0.394 e. The van der Waals surface area contributed by atoms with E-state index >= 15 is 0 Å². The number of ether oxygens (including phenoxy) is 2. The molecule has 1 aliphatic heterocycles. The second-order valence-corrected chi connectivity index (χ2v) is 18.2. The second kappa shape index (κ2) is 41.7. The topological polar surface area (TPSA) is 189 Å². The number of allylic oxidation sites excluding steroid dienone is 6. The average molecular weight is 896 g/mol. The molecular formula is C52H97NO10. The van der Waals surface area contributed by atoms with Gasteiger partial charge in [-0.05, 0) is 70.6 Å². The summed E-state index contributed by atoms with van der Waals surface area (Å²) in [6.07, 6.45) is 38.3. The molecule has 1 amide bonds. The Labute approximate surface area is 384 Å². The number of carbonyl (C=O) groups excluding carboxylic acids is 1. The lowest BCUT2D eigenvalue weighted by Crippen LogP contribution is -2.60. The molecule has 0 bridgehead atoms. The van der Waals surface area contributed by atoms with Crippen LogP contribution in [0.2, 0.25) is 0 Å². The standard InChI is InChI=1S/C52H97NO10/c1-3-5-7-9-11-13-14-15-16-17-18-19-20-21-22-23-24-25-26-27-28-29-30-31-32-34-35-37-39-44(55)47(57)43(42-62-52-50(60)49(59)48(58)46(41-54)63-52)53-51(61)45(56)40-38-36-33-12-10-8-6-4-2/h28-29,32-34,36,43-50,52,54-60H,3-27,30-31,35,37-42H2,1-2H3,(H,53,61)/b29-28+,34-32+,36-33-. The van der Waals surface area contributed by atoms with E-state index in [1.165, 1.54) is 141 Å². The Morgan fingerprint density at radius 1 is 0.540 bits per heavy atom. The van der Waals surface area contributed by atoms with Crippen LogP contribution in [0, 0.1) is 0 Å². The molecule has 8 N–H and O–H groups in total. The summed E-state index contributed by atoms with van der Waals surface area (Å²) < 4.78 is 11.0. The minimum atomic E-state index is -1.67. The molecule has 0 aliphatic carbocycles. The molecule has 9 unspecified atom stereocenters. The van der Waals surface area contributed by atoms with E-state index in [0.717, 1.165) is 32.1 Å². The first-order valence-electron chi connectivity index (χ1n) is 25.9. The van der Waals surface area contributed by atoms with Gasteiger partial charge in [0.25, 0.3) is 0 Å². The van der Waals surface area contributed by atoms with Crippen LogP contribution in [0.1, 0.15) is 219 Å². The van der Waals surface area contributed by atoms with Gasteiger partial charge in [0.15, 0.2) is 6.29 Å². The summed E-state index contributed by atoms with van der Waals surface area (Å²) in [7, 11) is 0. The lowest BCUT2D eigenvalue weighted by Gasteiger charge is -2.40. The minimum absolute atomic E-state index is 0.165. The number of amides is 1. The summed E-state index contributed by atoms with van der Waals surface area (Å²) in [5.74, 6) is -0.748. The molecule has 1 aliphatic rings. The monoisotopic (exact) mass is 896 g/mol. The fourth-order valence-electron chi connectivity index (χ4n) is 8.11. The fourth-order valence-corrected chi connectivity index (χ4v) is 8.11. The maximum absolute atomic E-state index is 13.0. The maximum Gasteiger partial charge on any atom is 0.249 e. The van der Waals surface area contributed by atoms with E-state index in [1.54, 1.807) is 0 Å². The average Bonchev–Trinajstić information content (AvgIpc) is 3.28. The van der Waals surface area contributed by atoms with E-state index in [0.29, 0.717) is 19.3 Å². The number of hydrogen-bond acceptors (Lipinski definition) is 10. The van der Waals surface area contributed by atoms with Gasteiger partial charge in [-0.1, -0.05) is 185 Å². The highest BCUT2D eigenvalue weighted by atomic mass is 16.7. The molecule has 0 aromatic carbocycles. The maximum atomic E-state index is 13.0. The SMILES string of the molecule is CCCCCC/C=C\CCC(O)C(=O)NC(COC1OC(CO)C(O)C(O)C1O)C(O)C(O)CCC/C=C/CC/C=C/CCCCCCCCCCCCCCCCCCCCC. The molecule has 0 aromatic heterocycles. The summed E-state index contributed by atoms with van der Waals surface area (Å²) in [5.41, 5.74) is 0. The van der Waals surface area contributed by atoms with Gasteiger partial charge in [-0.3, -0.25) is 4.79 Å². The van der Waals surface area contributed by atoms with E-state index in [4.69, 9.17) is 9.47 Å². The molecule has 1 rings (SSSR count). The van der Waals surface area contributed by atoms with E-state index in [9.17, 15) is 40.5 Å². The highest BCUT2D eigenvalue weighted by molar-refractivity contribution is 5.80. The summed E-state index contributed by atoms with van der Waals surface area (Å²) in [5, 5.41) is 75.4. The lowest BCUT2D eigenvalue weighted by molar-refractivity contribution is -0.303. The quantitative estimate of drug-likeness (QED) is 0.0216. The Kier molecular flexibility index (Phi) is 39.3. The second-order valence-electron chi connectivity index (χ2n) is 18.2. The molecule has 11 heteroatoms. The van der Waals surface area contributed by atoms with Crippen LogP contribution in [-0.2, 0) is 14.3 Å². The third-order valence-corrected chi connectivity index (χ3v) is 12.4. The molecule has 1 fully saturated rings. The van der Waals surface area contributed by atoms with Crippen LogP contribution in [0.25, 0.3) is 0 Å². The van der Waals surface area contributed by atoms with Crippen LogP contribution in [0.15, 0.2) is 36.5 Å². The number of aliphatic hydroxyl groups is 7. The van der Waals surface area contributed by atoms with Gasteiger partial charge in [0.05, 0.1) is 25.4 Å². The van der Waals surface area contributed by atoms with Gasteiger partial charge in [0.2, 0.25) is 5.91 Å². The molecular weight excluding hydrogens is 799 g/mol. The van der Waals surface area contributed by atoms with Crippen molar-refractivity contribution in [1.82, 2.24) is 5.32 Å². The van der Waals surface area contributed by atoms with Crippen molar-refractivity contribution in [2.75, 3.05) is 13.2 Å². The highest BCUT2D eigenvalue weighted by Crippen LogP contribution is 2.23. The molecule has 9 atom stereocenters. The zero-order valence-corrected chi connectivity index (χ0v) is 40.1. The van der Waals surface area contributed by atoms with Crippen molar-refractivity contribution < 1.29 is 50.0 Å². The van der Waals surface area contributed by atoms with E-state index in [2.05, 4.69) is 43.5 Å². The van der Waals surface area contributed by atoms with Gasteiger partial charge >= 0.3 is 0 Å². The van der Waals surface area contributed by atoms with Gasteiger partial charge in [-0.25, -0.2) is 0 Å². The van der Waals surface area contributed by atoms with Gasteiger partial charge in [0, 0.05) is 0 Å². The van der Waals surface area contributed by atoms with Crippen molar-refractivity contribution in [3.05, 3.63) is 36.5 Å².